The van der Waals surface area contributed by atoms with Gasteiger partial charge in [-0.1, -0.05) is 22.9 Å². The van der Waals surface area contributed by atoms with Gasteiger partial charge in [0.15, 0.2) is 4.34 Å². The van der Waals surface area contributed by atoms with Gasteiger partial charge in [-0.25, -0.2) is 4.98 Å². The molecule has 1 saturated heterocycles. The number of hydrogen-bond donors (Lipinski definition) is 0. The standard InChI is InChI=1S/C18H20ClN5O2S2/c1-11(25)24(13-5-6-13)17-21-22-18(28-17)27-15-14(19)9-12(10-20-15)16(26)23-7-3-2-4-8-23/h9-10,13H,2-8H2,1H3. The van der Waals surface area contributed by atoms with Crippen LogP contribution in [0, 0.1) is 0 Å². The number of carbonyl (C=O) groups is 2. The van der Waals surface area contributed by atoms with Crippen molar-refractivity contribution in [3.63, 3.8) is 0 Å². The van der Waals surface area contributed by atoms with Gasteiger partial charge in [0.25, 0.3) is 5.91 Å². The van der Waals surface area contributed by atoms with Gasteiger partial charge in [0, 0.05) is 32.3 Å². The van der Waals surface area contributed by atoms with Crippen LogP contribution in [-0.4, -0.2) is 51.0 Å². The summed E-state index contributed by atoms with van der Waals surface area (Å²) in [7, 11) is 0. The quantitative estimate of drug-likeness (QED) is 0.660. The molecule has 0 atom stereocenters. The summed E-state index contributed by atoms with van der Waals surface area (Å²) in [4.78, 5) is 32.4. The number of nitrogens with zero attached hydrogens (tertiary/aromatic N) is 5. The van der Waals surface area contributed by atoms with Crippen LogP contribution in [0.25, 0.3) is 0 Å². The van der Waals surface area contributed by atoms with Crippen LogP contribution in [0.3, 0.4) is 0 Å². The third-order valence-electron chi connectivity index (χ3n) is 4.73. The lowest BCUT2D eigenvalue weighted by Gasteiger charge is -2.26. The summed E-state index contributed by atoms with van der Waals surface area (Å²) in [5, 5.41) is 9.90. The van der Waals surface area contributed by atoms with Gasteiger partial charge >= 0.3 is 0 Å². The number of likely N-dealkylation sites (tertiary alicyclic amines) is 1. The average Bonchev–Trinajstić information content (AvgIpc) is 3.41. The number of halogens is 1. The molecular weight excluding hydrogens is 418 g/mol. The lowest BCUT2D eigenvalue weighted by atomic mass is 10.1. The van der Waals surface area contributed by atoms with Gasteiger partial charge in [0.05, 0.1) is 10.6 Å². The predicted octanol–water partition coefficient (Wildman–Crippen LogP) is 3.88. The molecule has 0 aromatic carbocycles. The minimum absolute atomic E-state index is 0.0214. The second kappa shape index (κ2) is 8.34. The molecule has 1 aliphatic carbocycles. The first-order chi connectivity index (χ1) is 13.5. The third-order valence-corrected chi connectivity index (χ3v) is 7.13. The fraction of sp³-hybridized carbons (Fsp3) is 0.500. The highest BCUT2D eigenvalue weighted by Gasteiger charge is 2.34. The van der Waals surface area contributed by atoms with Gasteiger partial charge in [0.2, 0.25) is 11.0 Å². The maximum atomic E-state index is 12.6. The lowest BCUT2D eigenvalue weighted by molar-refractivity contribution is -0.116. The Bertz CT molecular complexity index is 896. The van der Waals surface area contributed by atoms with E-state index in [4.69, 9.17) is 11.6 Å². The Hall–Kier alpha value is -1.71. The number of rotatable bonds is 5. The molecule has 0 N–H and O–H groups in total. The highest BCUT2D eigenvalue weighted by atomic mass is 35.5. The molecule has 2 amide bonds. The van der Waals surface area contributed by atoms with E-state index in [1.807, 2.05) is 4.90 Å². The van der Waals surface area contributed by atoms with E-state index in [2.05, 4.69) is 15.2 Å². The van der Waals surface area contributed by atoms with Gasteiger partial charge in [-0.15, -0.1) is 10.2 Å². The zero-order chi connectivity index (χ0) is 19.7. The molecule has 10 heteroatoms. The molecule has 148 valence electrons. The third kappa shape index (κ3) is 4.31. The Balaban J connectivity index is 1.47. The van der Waals surface area contributed by atoms with Gasteiger partial charge in [-0.2, -0.15) is 0 Å². The Morgan fingerprint density at radius 3 is 2.64 bits per heavy atom. The topological polar surface area (TPSA) is 79.3 Å². The van der Waals surface area contributed by atoms with Crippen molar-refractivity contribution >= 4 is 51.6 Å². The number of piperidine rings is 1. The van der Waals surface area contributed by atoms with E-state index in [9.17, 15) is 9.59 Å². The van der Waals surface area contributed by atoms with Crippen LogP contribution in [0.4, 0.5) is 5.13 Å². The molecule has 4 rings (SSSR count). The highest BCUT2D eigenvalue weighted by Crippen LogP contribution is 2.39. The minimum atomic E-state index is -0.0228. The van der Waals surface area contributed by atoms with Gasteiger partial charge < -0.3 is 4.90 Å². The summed E-state index contributed by atoms with van der Waals surface area (Å²) < 4.78 is 0.659. The maximum absolute atomic E-state index is 12.6. The second-order valence-electron chi connectivity index (χ2n) is 6.94. The Kier molecular flexibility index (Phi) is 5.84. The van der Waals surface area contributed by atoms with E-state index in [0.717, 1.165) is 38.8 Å². The molecule has 0 spiro atoms. The predicted molar refractivity (Wildman–Crippen MR) is 109 cm³/mol. The molecule has 1 saturated carbocycles. The molecule has 28 heavy (non-hydrogen) atoms. The van der Waals surface area contributed by atoms with Crippen molar-refractivity contribution < 1.29 is 9.59 Å². The van der Waals surface area contributed by atoms with E-state index in [0.29, 0.717) is 25.1 Å². The first-order valence-corrected chi connectivity index (χ1v) is 11.3. The molecule has 0 bridgehead atoms. The van der Waals surface area contributed by atoms with E-state index in [1.165, 1.54) is 29.5 Å². The molecule has 2 aromatic rings. The van der Waals surface area contributed by atoms with Crippen LogP contribution >= 0.6 is 34.7 Å². The van der Waals surface area contributed by atoms with Crippen molar-refractivity contribution in [3.05, 3.63) is 22.8 Å². The number of aromatic nitrogens is 3. The number of amides is 2. The summed E-state index contributed by atoms with van der Waals surface area (Å²) >= 11 is 9.02. The monoisotopic (exact) mass is 437 g/mol. The van der Waals surface area contributed by atoms with Crippen molar-refractivity contribution in [1.29, 1.82) is 0 Å². The zero-order valence-corrected chi connectivity index (χ0v) is 17.8. The van der Waals surface area contributed by atoms with Crippen LogP contribution in [0.15, 0.2) is 21.6 Å². The van der Waals surface area contributed by atoms with Crippen LogP contribution in [0.2, 0.25) is 5.02 Å². The van der Waals surface area contributed by atoms with Crippen LogP contribution in [0.1, 0.15) is 49.4 Å². The smallest absolute Gasteiger partial charge is 0.255 e. The Morgan fingerprint density at radius 2 is 2.00 bits per heavy atom. The van der Waals surface area contributed by atoms with Crippen LogP contribution < -0.4 is 4.90 Å². The SMILES string of the molecule is CC(=O)N(c1nnc(Sc2ncc(C(=O)N3CCCCC3)cc2Cl)s1)C1CC1. The van der Waals surface area contributed by atoms with Crippen molar-refractivity contribution in [2.45, 2.75) is 54.4 Å². The van der Waals surface area contributed by atoms with E-state index < -0.39 is 0 Å². The largest absolute Gasteiger partial charge is 0.339 e. The summed E-state index contributed by atoms with van der Waals surface area (Å²) in [5.74, 6) is -0.0441. The number of hydrogen-bond acceptors (Lipinski definition) is 7. The number of pyridine rings is 1. The van der Waals surface area contributed by atoms with Crippen molar-refractivity contribution in [3.8, 4) is 0 Å². The van der Waals surface area contributed by atoms with Crippen molar-refractivity contribution in [2.75, 3.05) is 18.0 Å². The van der Waals surface area contributed by atoms with E-state index in [-0.39, 0.29) is 17.9 Å². The molecule has 1 aliphatic heterocycles. The summed E-state index contributed by atoms with van der Waals surface area (Å²) in [6, 6.07) is 1.91. The van der Waals surface area contributed by atoms with Crippen molar-refractivity contribution in [1.82, 2.24) is 20.1 Å². The molecule has 2 aliphatic rings. The fourth-order valence-electron chi connectivity index (χ4n) is 3.20. The summed E-state index contributed by atoms with van der Waals surface area (Å²) in [6.45, 7) is 3.12. The highest BCUT2D eigenvalue weighted by molar-refractivity contribution is 8.01. The first kappa shape index (κ1) is 19.6. The van der Waals surface area contributed by atoms with Crippen molar-refractivity contribution in [2.24, 2.45) is 0 Å². The molecule has 0 radical (unpaired) electrons. The molecule has 0 unspecified atom stereocenters. The van der Waals surface area contributed by atoms with E-state index >= 15 is 0 Å². The zero-order valence-electron chi connectivity index (χ0n) is 15.4. The molecule has 3 heterocycles. The minimum Gasteiger partial charge on any atom is -0.339 e. The number of anilines is 1. The molecule has 2 fully saturated rings. The first-order valence-electron chi connectivity index (χ1n) is 9.29. The van der Waals surface area contributed by atoms with Crippen LogP contribution in [0.5, 0.6) is 0 Å². The van der Waals surface area contributed by atoms with Gasteiger partial charge in [-0.3, -0.25) is 14.5 Å². The number of carbonyl (C=O) groups excluding carboxylic acids is 2. The van der Waals surface area contributed by atoms with Crippen LogP contribution in [-0.2, 0) is 4.79 Å². The molecular formula is C18H20ClN5O2S2. The normalized spacial score (nSPS) is 16.9. The maximum Gasteiger partial charge on any atom is 0.255 e. The van der Waals surface area contributed by atoms with Gasteiger partial charge in [-0.05, 0) is 49.9 Å². The molecule has 2 aromatic heterocycles. The fourth-order valence-corrected chi connectivity index (χ4v) is 5.32. The van der Waals surface area contributed by atoms with E-state index in [1.54, 1.807) is 24.1 Å². The Morgan fingerprint density at radius 1 is 1.25 bits per heavy atom. The molecule has 7 nitrogen and oxygen atoms in total. The average molecular weight is 438 g/mol. The lowest BCUT2D eigenvalue weighted by Crippen LogP contribution is -2.35. The van der Waals surface area contributed by atoms with Gasteiger partial charge in [0.1, 0.15) is 5.03 Å². The second-order valence-corrected chi connectivity index (χ2v) is 9.54. The Labute approximate surface area is 176 Å². The summed E-state index contributed by atoms with van der Waals surface area (Å²) in [5.41, 5.74) is 0.505. The summed E-state index contributed by atoms with van der Waals surface area (Å²) in [6.07, 6.45) is 6.82.